The Balaban J connectivity index is 1.44. The van der Waals surface area contributed by atoms with Crippen LogP contribution in [0.2, 0.25) is 0 Å². The average Bonchev–Trinajstić information content (AvgIpc) is 3.42. The molecule has 1 spiro atoms. The van der Waals surface area contributed by atoms with Crippen LogP contribution in [0.25, 0.3) is 0 Å². The third kappa shape index (κ3) is 4.01. The van der Waals surface area contributed by atoms with E-state index in [1.165, 1.54) is 12.1 Å². The summed E-state index contributed by atoms with van der Waals surface area (Å²) in [7, 11) is 0. The van der Waals surface area contributed by atoms with E-state index in [1.54, 1.807) is 29.7 Å². The predicted octanol–water partition coefficient (Wildman–Crippen LogP) is 3.68. The first kappa shape index (κ1) is 20.3. The van der Waals surface area contributed by atoms with Crippen molar-refractivity contribution in [1.82, 2.24) is 14.8 Å². The van der Waals surface area contributed by atoms with Crippen molar-refractivity contribution in [3.8, 4) is 0 Å². The number of carbonyl (C=O) groups excluding carboxylic acids is 1. The van der Waals surface area contributed by atoms with Crippen molar-refractivity contribution in [2.75, 3.05) is 26.2 Å². The number of likely N-dealkylation sites (tertiary alicyclic amines) is 1. The van der Waals surface area contributed by atoms with Crippen molar-refractivity contribution in [2.24, 2.45) is 0 Å². The number of carbonyl (C=O) groups is 1. The van der Waals surface area contributed by atoms with E-state index in [0.29, 0.717) is 39.3 Å². The number of hydrogen-bond donors (Lipinski definition) is 0. The average molecular weight is 438 g/mol. The van der Waals surface area contributed by atoms with Crippen LogP contribution in [0.4, 0.5) is 4.39 Å². The number of halogens is 1. The maximum atomic E-state index is 13.8. The molecule has 0 bridgehead atoms. The van der Waals surface area contributed by atoms with Gasteiger partial charge in [0, 0.05) is 51.0 Å². The highest BCUT2D eigenvalue weighted by atomic mass is 32.1. The first-order valence-electron chi connectivity index (χ1n) is 10.5. The summed E-state index contributed by atoms with van der Waals surface area (Å²) in [6.45, 7) is 3.53. The summed E-state index contributed by atoms with van der Waals surface area (Å²) >= 11 is 1.64. The van der Waals surface area contributed by atoms with Crippen molar-refractivity contribution in [2.45, 2.75) is 24.6 Å². The minimum Gasteiger partial charge on any atom is -0.361 e. The normalized spacial score (nSPS) is 24.2. The molecule has 0 unspecified atom stereocenters. The van der Waals surface area contributed by atoms with Crippen molar-refractivity contribution >= 4 is 17.2 Å². The molecule has 0 radical (unpaired) electrons. The Morgan fingerprint density at radius 1 is 1.16 bits per heavy atom. The van der Waals surface area contributed by atoms with Crippen LogP contribution in [-0.4, -0.2) is 52.5 Å². The molecule has 1 aromatic carbocycles. The Hall–Kier alpha value is -2.61. The second kappa shape index (κ2) is 8.49. The van der Waals surface area contributed by atoms with Gasteiger partial charge in [0.1, 0.15) is 5.82 Å². The van der Waals surface area contributed by atoms with Gasteiger partial charge in [0.05, 0.1) is 6.61 Å². The van der Waals surface area contributed by atoms with Crippen molar-refractivity contribution < 1.29 is 13.9 Å². The second-order valence-corrected chi connectivity index (χ2v) is 9.01. The van der Waals surface area contributed by atoms with Crippen LogP contribution in [0.1, 0.15) is 22.6 Å². The molecular weight excluding hydrogens is 413 g/mol. The molecule has 7 heteroatoms. The summed E-state index contributed by atoms with van der Waals surface area (Å²) in [5.41, 5.74) is 2.24. The zero-order valence-corrected chi connectivity index (χ0v) is 17.9. The highest BCUT2D eigenvalue weighted by molar-refractivity contribution is 7.07. The molecule has 2 saturated heterocycles. The van der Waals surface area contributed by atoms with Crippen LogP contribution in [0.15, 0.2) is 65.6 Å². The third-order valence-electron chi connectivity index (χ3n) is 6.19. The number of amides is 1. The highest BCUT2D eigenvalue weighted by Gasteiger charge is 2.56. The molecule has 5 rings (SSSR count). The highest BCUT2D eigenvalue weighted by Crippen LogP contribution is 2.42. The Kier molecular flexibility index (Phi) is 5.56. The lowest BCUT2D eigenvalue weighted by Gasteiger charge is -2.42. The summed E-state index contributed by atoms with van der Waals surface area (Å²) < 4.78 is 19.7. The fourth-order valence-corrected chi connectivity index (χ4v) is 5.38. The molecule has 2 aliphatic rings. The number of nitrogens with zero attached hydrogens (tertiary/aromatic N) is 3. The van der Waals surface area contributed by atoms with Crippen LogP contribution >= 0.6 is 11.3 Å². The number of morpholine rings is 1. The summed E-state index contributed by atoms with van der Waals surface area (Å²) in [5.74, 6) is -0.315. The van der Waals surface area contributed by atoms with Crippen molar-refractivity contribution in [3.63, 3.8) is 0 Å². The Labute approximate surface area is 185 Å². The second-order valence-electron chi connectivity index (χ2n) is 8.23. The SMILES string of the molecule is O=C1N(Cc2ccsc2)CCO[C@@]12CN(Cc1ccc(F)cc1)C[C@H]2c1cccnc1. The number of thiophene rings is 1. The largest absolute Gasteiger partial charge is 0.361 e. The van der Waals surface area contributed by atoms with Gasteiger partial charge in [0.25, 0.3) is 5.91 Å². The number of benzene rings is 1. The molecule has 31 heavy (non-hydrogen) atoms. The van der Waals surface area contributed by atoms with Gasteiger partial charge in [0.2, 0.25) is 0 Å². The molecule has 160 valence electrons. The zero-order valence-electron chi connectivity index (χ0n) is 17.1. The molecule has 1 amide bonds. The zero-order chi connectivity index (χ0) is 21.3. The van der Waals surface area contributed by atoms with Gasteiger partial charge >= 0.3 is 0 Å². The van der Waals surface area contributed by atoms with Gasteiger partial charge < -0.3 is 9.64 Å². The first-order chi connectivity index (χ1) is 15.1. The molecule has 2 aliphatic heterocycles. The van der Waals surface area contributed by atoms with Gasteiger partial charge in [-0.25, -0.2) is 4.39 Å². The lowest BCUT2D eigenvalue weighted by atomic mass is 9.83. The fourth-order valence-electron chi connectivity index (χ4n) is 4.72. The molecule has 0 saturated carbocycles. The molecule has 5 nitrogen and oxygen atoms in total. The number of aromatic nitrogens is 1. The minimum atomic E-state index is -0.933. The monoisotopic (exact) mass is 437 g/mol. The van der Waals surface area contributed by atoms with Gasteiger partial charge in [-0.05, 0) is 51.7 Å². The number of pyridine rings is 1. The Bertz CT molecular complexity index is 1030. The van der Waals surface area contributed by atoms with Crippen LogP contribution in [0.3, 0.4) is 0 Å². The van der Waals surface area contributed by atoms with E-state index >= 15 is 0 Å². The van der Waals surface area contributed by atoms with Crippen LogP contribution in [-0.2, 0) is 22.6 Å². The predicted molar refractivity (Wildman–Crippen MR) is 117 cm³/mol. The van der Waals surface area contributed by atoms with Crippen LogP contribution in [0, 0.1) is 5.82 Å². The summed E-state index contributed by atoms with van der Waals surface area (Å²) in [5, 5.41) is 4.12. The maximum absolute atomic E-state index is 13.8. The van der Waals surface area contributed by atoms with Crippen molar-refractivity contribution in [1.29, 1.82) is 0 Å². The quantitative estimate of drug-likeness (QED) is 0.611. The van der Waals surface area contributed by atoms with Gasteiger partial charge in [-0.1, -0.05) is 18.2 Å². The van der Waals surface area contributed by atoms with E-state index in [-0.39, 0.29) is 17.6 Å². The summed E-state index contributed by atoms with van der Waals surface area (Å²) in [4.78, 5) is 22.3. The molecule has 4 heterocycles. The first-order valence-corrected chi connectivity index (χ1v) is 11.4. The molecular formula is C24H24FN3O2S. The lowest BCUT2D eigenvalue weighted by molar-refractivity contribution is -0.173. The van der Waals surface area contributed by atoms with E-state index in [1.807, 2.05) is 28.6 Å². The van der Waals surface area contributed by atoms with E-state index in [9.17, 15) is 9.18 Å². The standard InChI is InChI=1S/C24H24FN3O2S/c25-21-5-3-18(4-6-21)13-27-15-22(20-2-1-8-26-12-20)24(17-27)23(29)28(9-10-30-24)14-19-7-11-31-16-19/h1-8,11-12,16,22H,9-10,13-15,17H2/t22-,24+/m0/s1. The molecule has 0 aliphatic carbocycles. The van der Waals surface area contributed by atoms with E-state index in [4.69, 9.17) is 4.74 Å². The van der Waals surface area contributed by atoms with Gasteiger partial charge in [-0.15, -0.1) is 0 Å². The van der Waals surface area contributed by atoms with E-state index in [0.717, 1.165) is 16.7 Å². The molecule has 2 aromatic heterocycles. The Morgan fingerprint density at radius 3 is 2.77 bits per heavy atom. The molecule has 2 atom stereocenters. The topological polar surface area (TPSA) is 45.7 Å². The van der Waals surface area contributed by atoms with E-state index in [2.05, 4.69) is 21.3 Å². The molecule has 3 aromatic rings. The van der Waals surface area contributed by atoms with Gasteiger partial charge in [-0.2, -0.15) is 11.3 Å². The minimum absolute atomic E-state index is 0.0420. The fraction of sp³-hybridized carbons (Fsp3) is 0.333. The molecule has 0 N–H and O–H groups in total. The third-order valence-corrected chi connectivity index (χ3v) is 6.92. The number of ether oxygens (including phenoxy) is 1. The lowest BCUT2D eigenvalue weighted by Crippen LogP contribution is -2.59. The maximum Gasteiger partial charge on any atom is 0.257 e. The Morgan fingerprint density at radius 2 is 2.03 bits per heavy atom. The van der Waals surface area contributed by atoms with Crippen LogP contribution < -0.4 is 0 Å². The number of rotatable bonds is 5. The van der Waals surface area contributed by atoms with Crippen molar-refractivity contribution in [3.05, 3.63) is 88.1 Å². The molecule has 2 fully saturated rings. The number of hydrogen-bond acceptors (Lipinski definition) is 5. The smallest absolute Gasteiger partial charge is 0.257 e. The van der Waals surface area contributed by atoms with Crippen LogP contribution in [0.5, 0.6) is 0 Å². The van der Waals surface area contributed by atoms with Gasteiger partial charge in [-0.3, -0.25) is 14.7 Å². The van der Waals surface area contributed by atoms with Gasteiger partial charge in [0.15, 0.2) is 5.60 Å². The summed E-state index contributed by atoms with van der Waals surface area (Å²) in [6, 6.07) is 12.5. The van der Waals surface area contributed by atoms with E-state index < -0.39 is 5.60 Å². The summed E-state index contributed by atoms with van der Waals surface area (Å²) in [6.07, 6.45) is 3.58.